The van der Waals surface area contributed by atoms with Crippen molar-refractivity contribution in [2.75, 3.05) is 0 Å². The van der Waals surface area contributed by atoms with Crippen LogP contribution in [0.2, 0.25) is 0 Å². The number of carbonyl (C=O) groups excluding carboxylic acids is 1. The lowest BCUT2D eigenvalue weighted by molar-refractivity contribution is -0.122. The molecule has 1 saturated heterocycles. The fourth-order valence-electron chi connectivity index (χ4n) is 2.20. The van der Waals surface area contributed by atoms with Crippen molar-refractivity contribution in [1.82, 2.24) is 10.2 Å². The molecule has 21 heavy (non-hydrogen) atoms. The van der Waals surface area contributed by atoms with Gasteiger partial charge in [0.1, 0.15) is 11.5 Å². The number of nitrogens with one attached hydrogen (secondary N) is 1. The van der Waals surface area contributed by atoms with Gasteiger partial charge in [-0.2, -0.15) is 0 Å². The predicted molar refractivity (Wildman–Crippen MR) is 84.1 cm³/mol. The Bertz CT molecular complexity index is 720. The molecule has 2 aromatic rings. The van der Waals surface area contributed by atoms with Gasteiger partial charge in [-0.1, -0.05) is 29.8 Å². The van der Waals surface area contributed by atoms with Gasteiger partial charge < -0.3 is 9.73 Å². The quantitative estimate of drug-likeness (QED) is 0.699. The van der Waals surface area contributed by atoms with E-state index in [1.807, 2.05) is 43.3 Å². The van der Waals surface area contributed by atoms with Gasteiger partial charge in [-0.3, -0.25) is 9.69 Å². The van der Waals surface area contributed by atoms with Crippen LogP contribution in [0.4, 0.5) is 0 Å². The number of benzene rings is 1. The Balaban J connectivity index is 1.83. The van der Waals surface area contributed by atoms with Crippen LogP contribution >= 0.6 is 12.2 Å². The molecule has 0 radical (unpaired) electrons. The highest BCUT2D eigenvalue weighted by Gasteiger charge is 2.31. The number of rotatable bonds is 3. The molecule has 1 fully saturated rings. The third-order valence-corrected chi connectivity index (χ3v) is 3.53. The van der Waals surface area contributed by atoms with Gasteiger partial charge in [0.05, 0.1) is 12.8 Å². The summed E-state index contributed by atoms with van der Waals surface area (Å²) in [4.78, 5) is 13.9. The van der Waals surface area contributed by atoms with Crippen molar-refractivity contribution >= 4 is 29.3 Å². The maximum absolute atomic E-state index is 12.4. The van der Waals surface area contributed by atoms with Gasteiger partial charge in [0, 0.05) is 0 Å². The molecule has 1 aliphatic heterocycles. The summed E-state index contributed by atoms with van der Waals surface area (Å²) in [5.41, 5.74) is 2.59. The molecule has 1 aromatic heterocycles. The molecule has 4 nitrogen and oxygen atoms in total. The highest BCUT2D eigenvalue weighted by molar-refractivity contribution is 7.80. The minimum Gasteiger partial charge on any atom is -0.467 e. The molecular weight excluding hydrogens is 284 g/mol. The zero-order valence-electron chi connectivity index (χ0n) is 11.5. The molecule has 3 rings (SSSR count). The fraction of sp³-hybridized carbons (Fsp3) is 0.125. The maximum Gasteiger partial charge on any atom is 0.276 e. The van der Waals surface area contributed by atoms with Crippen molar-refractivity contribution in [1.29, 1.82) is 0 Å². The van der Waals surface area contributed by atoms with Gasteiger partial charge in [0.15, 0.2) is 5.11 Å². The van der Waals surface area contributed by atoms with Crippen molar-refractivity contribution in [3.63, 3.8) is 0 Å². The summed E-state index contributed by atoms with van der Waals surface area (Å²) >= 11 is 5.22. The lowest BCUT2D eigenvalue weighted by Crippen LogP contribution is -2.29. The molecule has 0 aliphatic carbocycles. The van der Waals surface area contributed by atoms with E-state index in [2.05, 4.69) is 5.32 Å². The van der Waals surface area contributed by atoms with Gasteiger partial charge in [0.2, 0.25) is 0 Å². The minimum absolute atomic E-state index is 0.141. The first-order chi connectivity index (χ1) is 10.1. The van der Waals surface area contributed by atoms with E-state index in [4.69, 9.17) is 16.6 Å². The number of aryl methyl sites for hydroxylation is 1. The highest BCUT2D eigenvalue weighted by atomic mass is 32.1. The third-order valence-electron chi connectivity index (χ3n) is 3.21. The van der Waals surface area contributed by atoms with Crippen LogP contribution in [0, 0.1) is 6.92 Å². The number of hydrogen-bond acceptors (Lipinski definition) is 3. The zero-order valence-corrected chi connectivity index (χ0v) is 12.3. The smallest absolute Gasteiger partial charge is 0.276 e. The Morgan fingerprint density at radius 1 is 1.33 bits per heavy atom. The molecule has 1 aromatic carbocycles. The number of nitrogens with zero attached hydrogens (tertiary/aromatic N) is 1. The van der Waals surface area contributed by atoms with Gasteiger partial charge >= 0.3 is 0 Å². The first-order valence-electron chi connectivity index (χ1n) is 6.57. The van der Waals surface area contributed by atoms with E-state index in [1.54, 1.807) is 12.3 Å². The van der Waals surface area contributed by atoms with Crippen LogP contribution in [-0.2, 0) is 11.3 Å². The molecular formula is C16H14N2O2S. The van der Waals surface area contributed by atoms with E-state index < -0.39 is 0 Å². The Kier molecular flexibility index (Phi) is 3.58. The molecule has 2 heterocycles. The maximum atomic E-state index is 12.4. The highest BCUT2D eigenvalue weighted by Crippen LogP contribution is 2.17. The van der Waals surface area contributed by atoms with Crippen LogP contribution in [0.15, 0.2) is 52.8 Å². The Labute approximate surface area is 128 Å². The zero-order chi connectivity index (χ0) is 14.8. The van der Waals surface area contributed by atoms with Gasteiger partial charge in [-0.25, -0.2) is 0 Å². The van der Waals surface area contributed by atoms with Crippen molar-refractivity contribution < 1.29 is 9.21 Å². The van der Waals surface area contributed by atoms with E-state index >= 15 is 0 Å². The second-order valence-corrected chi connectivity index (χ2v) is 5.26. The van der Waals surface area contributed by atoms with Gasteiger partial charge in [-0.05, 0) is 42.9 Å². The van der Waals surface area contributed by atoms with E-state index in [-0.39, 0.29) is 5.91 Å². The molecule has 0 bridgehead atoms. The monoisotopic (exact) mass is 298 g/mol. The van der Waals surface area contributed by atoms with E-state index in [9.17, 15) is 4.79 Å². The average Bonchev–Trinajstić information content (AvgIpc) is 3.04. The fourth-order valence-corrected chi connectivity index (χ4v) is 2.46. The minimum atomic E-state index is -0.141. The molecule has 0 atom stereocenters. The van der Waals surface area contributed by atoms with E-state index in [0.717, 1.165) is 11.1 Å². The van der Waals surface area contributed by atoms with Crippen LogP contribution in [0.1, 0.15) is 16.9 Å². The normalized spacial score (nSPS) is 16.6. The Morgan fingerprint density at radius 2 is 2.19 bits per heavy atom. The number of thiocarbonyl (C=S) groups is 1. The molecule has 1 amide bonds. The van der Waals surface area contributed by atoms with Crippen LogP contribution < -0.4 is 5.32 Å². The molecule has 1 aliphatic rings. The predicted octanol–water partition coefficient (Wildman–Crippen LogP) is 2.85. The standard InChI is InChI=1S/C16H14N2O2S/c1-11-4-2-5-12(8-11)9-14-15(19)18(16(21)17-14)10-13-6-3-7-20-13/h2-9H,10H2,1H3,(H,17,21)/b14-9+. The Hall–Kier alpha value is -2.40. The van der Waals surface area contributed by atoms with Crippen LogP contribution in [0.25, 0.3) is 6.08 Å². The first-order valence-corrected chi connectivity index (χ1v) is 6.98. The van der Waals surface area contributed by atoms with Crippen molar-refractivity contribution in [2.24, 2.45) is 0 Å². The summed E-state index contributed by atoms with van der Waals surface area (Å²) in [7, 11) is 0. The molecule has 0 saturated carbocycles. The summed E-state index contributed by atoms with van der Waals surface area (Å²) in [5, 5.41) is 3.36. The summed E-state index contributed by atoms with van der Waals surface area (Å²) in [6.07, 6.45) is 3.39. The number of hydrogen-bond donors (Lipinski definition) is 1. The average molecular weight is 298 g/mol. The largest absolute Gasteiger partial charge is 0.467 e. The second-order valence-electron chi connectivity index (χ2n) is 4.87. The second kappa shape index (κ2) is 5.54. The van der Waals surface area contributed by atoms with Gasteiger partial charge in [-0.15, -0.1) is 0 Å². The molecule has 5 heteroatoms. The van der Waals surface area contributed by atoms with Crippen LogP contribution in [-0.4, -0.2) is 15.9 Å². The first kappa shape index (κ1) is 13.6. The van der Waals surface area contributed by atoms with Crippen LogP contribution in [0.3, 0.4) is 0 Å². The summed E-state index contributed by atoms with van der Waals surface area (Å²) in [6, 6.07) is 11.5. The molecule has 1 N–H and O–H groups in total. The summed E-state index contributed by atoms with van der Waals surface area (Å²) < 4.78 is 5.26. The SMILES string of the molecule is Cc1cccc(/C=C2/NC(=S)N(Cc3ccco3)C2=O)c1. The topological polar surface area (TPSA) is 45.5 Å². The van der Waals surface area contributed by atoms with Crippen LogP contribution in [0.5, 0.6) is 0 Å². The van der Waals surface area contributed by atoms with Crippen molar-refractivity contribution in [3.05, 3.63) is 65.2 Å². The third kappa shape index (κ3) is 2.87. The molecule has 0 unspecified atom stereocenters. The van der Waals surface area contributed by atoms with Gasteiger partial charge in [0.25, 0.3) is 5.91 Å². The van der Waals surface area contributed by atoms with E-state index in [1.165, 1.54) is 4.90 Å². The lowest BCUT2D eigenvalue weighted by atomic mass is 10.1. The molecule has 0 spiro atoms. The van der Waals surface area contributed by atoms with Crippen molar-refractivity contribution in [2.45, 2.75) is 13.5 Å². The molecule has 106 valence electrons. The number of furan rings is 1. The summed E-state index contributed by atoms with van der Waals surface area (Å²) in [6.45, 7) is 2.35. The number of carbonyl (C=O) groups is 1. The summed E-state index contributed by atoms with van der Waals surface area (Å²) in [5.74, 6) is 0.558. The Morgan fingerprint density at radius 3 is 2.90 bits per heavy atom. The van der Waals surface area contributed by atoms with Crippen molar-refractivity contribution in [3.8, 4) is 0 Å². The van der Waals surface area contributed by atoms with E-state index in [0.29, 0.717) is 23.1 Å². The number of amides is 1. The lowest BCUT2D eigenvalue weighted by Gasteiger charge is -2.11.